The van der Waals surface area contributed by atoms with Gasteiger partial charge in [0.2, 0.25) is 6.40 Å². The molecule has 2 aliphatic rings. The van der Waals surface area contributed by atoms with E-state index in [9.17, 15) is 19.2 Å². The van der Waals surface area contributed by atoms with E-state index in [0.717, 1.165) is 36.7 Å². The molecule has 0 spiro atoms. The minimum absolute atomic E-state index is 0.180. The molecular weight excluding hydrogens is 769 g/mol. The van der Waals surface area contributed by atoms with Gasteiger partial charge in [0.15, 0.2) is 6.04 Å². The molecular formula is C43H44N10O7. The summed E-state index contributed by atoms with van der Waals surface area (Å²) >= 11 is 0. The number of carbonyl (C=O) groups excluding carboxylic acids is 4. The fourth-order valence-electron chi connectivity index (χ4n) is 7.94. The van der Waals surface area contributed by atoms with Gasteiger partial charge in [0.1, 0.15) is 17.7 Å². The highest BCUT2D eigenvalue weighted by Crippen LogP contribution is 2.36. The van der Waals surface area contributed by atoms with Gasteiger partial charge >= 0.3 is 12.1 Å². The standard InChI is InChI=1S/C43H44N10O7/c1-58-43(57)51-37(27-13-7-4-8-14-27)41(55)53-22-10-16-35(53)39-48-31-20-18-29(24-33(31)50-39)46-42(56)45-28-17-19-30-32(23-28)49-38(47-30)34-15-9-21-52(34)40(54)36(44-25-60-59-2)26-11-5-3-6-12-26/h3-8,11-14,17-20,23-25,34-37H,9-10,15-16,21-22H2,1-2H3,(H,47,49)(H,48,50)(H,51,57)(H2,45,46,56)/b44-25+/t34-,35-,36+,37+/m0/s1. The number of aromatic nitrogens is 4. The van der Waals surface area contributed by atoms with Gasteiger partial charge in [0.25, 0.3) is 11.8 Å². The first-order chi connectivity index (χ1) is 29.3. The van der Waals surface area contributed by atoms with E-state index < -0.39 is 24.2 Å². The minimum Gasteiger partial charge on any atom is -0.453 e. The lowest BCUT2D eigenvalue weighted by Gasteiger charge is -2.28. The van der Waals surface area contributed by atoms with Gasteiger partial charge in [-0.2, -0.15) is 4.89 Å². The zero-order chi connectivity index (χ0) is 41.6. The SMILES string of the molecule is COO/C=N/[C@@H](C(=O)N1CCC[C@H]1c1nc2ccc(NC(=O)Nc3ccc4[nH]c([C@@H]5CCCN5C(=O)[C@H](NC(=O)OC)c5ccccc5)nc4c3)cc2[nH]1)c1ccccc1. The molecule has 4 heterocycles. The molecule has 8 rings (SSSR count). The van der Waals surface area contributed by atoms with Crippen LogP contribution in [0, 0.1) is 0 Å². The number of aliphatic imine (C=N–C) groups is 1. The molecule has 4 atom stereocenters. The molecule has 17 nitrogen and oxygen atoms in total. The highest BCUT2D eigenvalue weighted by Gasteiger charge is 2.38. The van der Waals surface area contributed by atoms with Gasteiger partial charge in [-0.1, -0.05) is 60.7 Å². The van der Waals surface area contributed by atoms with Gasteiger partial charge in [-0.15, -0.1) is 0 Å². The number of imidazole rings is 2. The molecule has 2 aliphatic heterocycles. The first kappa shape index (κ1) is 39.6. The largest absolute Gasteiger partial charge is 0.453 e. The molecule has 0 bridgehead atoms. The number of amides is 5. The number of nitrogens with one attached hydrogen (secondary N) is 5. The van der Waals surface area contributed by atoms with Crippen LogP contribution in [0.25, 0.3) is 22.1 Å². The van der Waals surface area contributed by atoms with Gasteiger partial charge in [-0.05, 0) is 73.2 Å². The van der Waals surface area contributed by atoms with E-state index in [1.54, 1.807) is 46.2 Å². The first-order valence-corrected chi connectivity index (χ1v) is 19.6. The van der Waals surface area contributed by atoms with Crippen molar-refractivity contribution in [3.8, 4) is 0 Å². The lowest BCUT2D eigenvalue weighted by atomic mass is 10.1. The van der Waals surface area contributed by atoms with Crippen LogP contribution in [0.3, 0.4) is 0 Å². The maximum Gasteiger partial charge on any atom is 0.407 e. The molecule has 4 aromatic carbocycles. The highest BCUT2D eigenvalue weighted by molar-refractivity contribution is 6.01. The second kappa shape index (κ2) is 17.7. The maximum absolute atomic E-state index is 13.9. The quantitative estimate of drug-likeness (QED) is 0.0378. The van der Waals surface area contributed by atoms with Gasteiger partial charge in [-0.25, -0.2) is 24.5 Å². The molecule has 5 amide bonds. The summed E-state index contributed by atoms with van der Waals surface area (Å²) in [6.07, 6.45) is 3.41. The van der Waals surface area contributed by atoms with Crippen molar-refractivity contribution in [2.24, 2.45) is 4.99 Å². The number of carbonyl (C=O) groups is 4. The number of benzene rings is 4. The Hall–Kier alpha value is -7.27. The molecule has 6 aromatic rings. The van der Waals surface area contributed by atoms with Crippen LogP contribution in [0.15, 0.2) is 102 Å². The van der Waals surface area contributed by atoms with E-state index in [-0.39, 0.29) is 23.9 Å². The summed E-state index contributed by atoms with van der Waals surface area (Å²) in [6, 6.07) is 26.2. The van der Waals surface area contributed by atoms with E-state index in [4.69, 9.17) is 19.6 Å². The predicted molar refractivity (Wildman–Crippen MR) is 223 cm³/mol. The molecule has 0 unspecified atom stereocenters. The molecule has 308 valence electrons. The molecule has 17 heteroatoms. The Morgan fingerprint density at radius 2 is 1.33 bits per heavy atom. The Morgan fingerprint density at radius 1 is 0.733 bits per heavy atom. The van der Waals surface area contributed by atoms with Crippen LogP contribution < -0.4 is 16.0 Å². The number of aromatic amines is 2. The Balaban J connectivity index is 0.933. The maximum atomic E-state index is 13.9. The van der Waals surface area contributed by atoms with E-state index in [1.807, 2.05) is 60.7 Å². The molecule has 2 aromatic heterocycles. The van der Waals surface area contributed by atoms with E-state index in [0.29, 0.717) is 64.6 Å². The molecule has 60 heavy (non-hydrogen) atoms. The van der Waals surface area contributed by atoms with Gasteiger partial charge < -0.3 is 45.3 Å². The number of nitrogens with zero attached hydrogens (tertiary/aromatic N) is 5. The van der Waals surface area contributed by atoms with Crippen molar-refractivity contribution in [1.82, 2.24) is 35.1 Å². The summed E-state index contributed by atoms with van der Waals surface area (Å²) in [7, 11) is 2.62. The highest BCUT2D eigenvalue weighted by atomic mass is 17.2. The summed E-state index contributed by atoms with van der Waals surface area (Å²) in [6.45, 7) is 1.05. The number of hydrogen-bond donors (Lipinski definition) is 5. The van der Waals surface area contributed by atoms with Gasteiger partial charge in [0.05, 0.1) is 48.4 Å². The van der Waals surface area contributed by atoms with Crippen LogP contribution in [0.1, 0.15) is 72.6 Å². The number of urea groups is 1. The Bertz CT molecular complexity index is 2530. The number of methoxy groups -OCH3 is 1. The van der Waals surface area contributed by atoms with Crippen LogP contribution in [-0.2, 0) is 24.1 Å². The predicted octanol–water partition coefficient (Wildman–Crippen LogP) is 6.86. The number of rotatable bonds is 12. The lowest BCUT2D eigenvalue weighted by molar-refractivity contribution is -0.188. The van der Waals surface area contributed by atoms with Crippen molar-refractivity contribution in [3.63, 3.8) is 0 Å². The third-order valence-electron chi connectivity index (χ3n) is 10.7. The summed E-state index contributed by atoms with van der Waals surface area (Å²) in [4.78, 5) is 87.1. The van der Waals surface area contributed by atoms with E-state index in [2.05, 4.69) is 35.8 Å². The lowest BCUT2D eigenvalue weighted by Crippen LogP contribution is -2.42. The number of hydrogen-bond acceptors (Lipinski definition) is 10. The van der Waals surface area contributed by atoms with E-state index in [1.165, 1.54) is 14.2 Å². The van der Waals surface area contributed by atoms with E-state index >= 15 is 0 Å². The topological polar surface area (TPSA) is 208 Å². The average molecular weight is 813 g/mol. The summed E-state index contributed by atoms with van der Waals surface area (Å²) < 4.78 is 4.81. The second-order valence-electron chi connectivity index (χ2n) is 14.5. The van der Waals surface area contributed by atoms with Crippen molar-refractivity contribution in [2.45, 2.75) is 49.9 Å². The van der Waals surface area contributed by atoms with Gasteiger partial charge in [-0.3, -0.25) is 9.59 Å². The first-order valence-electron chi connectivity index (χ1n) is 19.6. The molecule has 0 radical (unpaired) electrons. The number of H-pyrrole nitrogens is 2. The van der Waals surface area contributed by atoms with Crippen LogP contribution in [0.2, 0.25) is 0 Å². The fourth-order valence-corrected chi connectivity index (χ4v) is 7.94. The third-order valence-corrected chi connectivity index (χ3v) is 10.7. The monoisotopic (exact) mass is 812 g/mol. The van der Waals surface area contributed by atoms with Crippen LogP contribution in [0.4, 0.5) is 21.0 Å². The van der Waals surface area contributed by atoms with Crippen LogP contribution >= 0.6 is 0 Å². The van der Waals surface area contributed by atoms with Crippen LogP contribution in [0.5, 0.6) is 0 Å². The van der Waals surface area contributed by atoms with Crippen molar-refractivity contribution in [1.29, 1.82) is 0 Å². The molecule has 0 saturated carbocycles. The Morgan fingerprint density at radius 3 is 2.00 bits per heavy atom. The summed E-state index contributed by atoms with van der Waals surface area (Å²) in [5, 5.41) is 8.46. The third kappa shape index (κ3) is 8.47. The van der Waals surface area contributed by atoms with Crippen molar-refractivity contribution >= 4 is 63.8 Å². The molecule has 0 aliphatic carbocycles. The number of likely N-dealkylation sites (tertiary alicyclic amines) is 2. The van der Waals surface area contributed by atoms with Crippen molar-refractivity contribution in [2.75, 3.05) is 37.9 Å². The smallest absolute Gasteiger partial charge is 0.407 e. The van der Waals surface area contributed by atoms with Crippen LogP contribution in [-0.4, -0.2) is 87.4 Å². The molecule has 2 fully saturated rings. The fraction of sp³-hybridized carbons (Fsp3) is 0.279. The second-order valence-corrected chi connectivity index (χ2v) is 14.5. The minimum atomic E-state index is -0.927. The summed E-state index contributed by atoms with van der Waals surface area (Å²) in [5.41, 5.74) is 5.19. The number of alkyl carbamates (subject to hydrolysis) is 1. The number of fused-ring (bicyclic) bond motifs is 2. The number of anilines is 2. The molecule has 2 saturated heterocycles. The average Bonchev–Trinajstić information content (AvgIpc) is 4.10. The zero-order valence-electron chi connectivity index (χ0n) is 33.0. The Labute approximate surface area is 344 Å². The van der Waals surface area contributed by atoms with Gasteiger partial charge in [0, 0.05) is 24.5 Å². The van der Waals surface area contributed by atoms with Crippen molar-refractivity contribution < 1.29 is 33.7 Å². The number of ether oxygens (including phenoxy) is 1. The zero-order valence-corrected chi connectivity index (χ0v) is 33.0. The van der Waals surface area contributed by atoms with Crippen molar-refractivity contribution in [3.05, 3.63) is 120 Å². The molecule has 5 N–H and O–H groups in total. The normalized spacial score (nSPS) is 17.5. The Kier molecular flexibility index (Phi) is 11.7. The summed E-state index contributed by atoms with van der Waals surface area (Å²) in [5.74, 6) is 0.815.